The lowest BCUT2D eigenvalue weighted by Crippen LogP contribution is -2.42. The van der Waals surface area contributed by atoms with Gasteiger partial charge in [-0.05, 0) is 48.4 Å². The summed E-state index contributed by atoms with van der Waals surface area (Å²) in [6, 6.07) is 25.8. The fraction of sp³-hybridized carbons (Fsp3) is 0.394. The van der Waals surface area contributed by atoms with Crippen LogP contribution in [-0.2, 0) is 20.7 Å². The van der Waals surface area contributed by atoms with Crippen molar-refractivity contribution < 1.29 is 19.1 Å². The quantitative estimate of drug-likeness (QED) is 0.268. The van der Waals surface area contributed by atoms with Crippen LogP contribution in [0.4, 0.5) is 10.5 Å². The number of carbonyl (C=O) groups excluding carboxylic acids is 2. The smallest absolute Gasteiger partial charge is 0.411 e. The standard InChI is InChI=1S/C33H42N4O4/c1-40-24-19-30(34)27-14-11-25(12-15-27)13-16-32(38)35-20-23-37-21-17-28(18-22-37)41-33(39)36-31-10-6-5-9-29(31)26-7-3-2-4-8-26/h2-12,14-15,28,30H,13,16-24,34H2,1H3,(H,35,38)(H,36,39). The Kier molecular flexibility index (Phi) is 11.7. The Morgan fingerprint density at radius 3 is 2.41 bits per heavy atom. The second-order valence-electron chi connectivity index (χ2n) is 10.5. The van der Waals surface area contributed by atoms with Crippen LogP contribution < -0.4 is 16.4 Å². The summed E-state index contributed by atoms with van der Waals surface area (Å²) in [5, 5.41) is 5.95. The van der Waals surface area contributed by atoms with E-state index in [1.165, 1.54) is 0 Å². The van der Waals surface area contributed by atoms with Crippen LogP contribution in [0.5, 0.6) is 0 Å². The maximum absolute atomic E-state index is 12.6. The third kappa shape index (κ3) is 9.70. The number of para-hydroxylation sites is 1. The molecule has 0 saturated carbocycles. The molecular weight excluding hydrogens is 516 g/mol. The molecule has 218 valence electrons. The predicted molar refractivity (Wildman–Crippen MR) is 163 cm³/mol. The first kappa shape index (κ1) is 30.2. The van der Waals surface area contributed by atoms with E-state index in [2.05, 4.69) is 15.5 Å². The maximum atomic E-state index is 12.6. The molecule has 2 amide bonds. The normalized spacial score (nSPS) is 14.8. The molecule has 1 fully saturated rings. The van der Waals surface area contributed by atoms with E-state index in [1.54, 1.807) is 7.11 Å². The zero-order valence-electron chi connectivity index (χ0n) is 23.9. The Hall–Kier alpha value is -3.72. The Morgan fingerprint density at radius 2 is 1.68 bits per heavy atom. The molecule has 1 heterocycles. The van der Waals surface area contributed by atoms with Gasteiger partial charge in [-0.25, -0.2) is 4.79 Å². The second-order valence-corrected chi connectivity index (χ2v) is 10.5. The van der Waals surface area contributed by atoms with Crippen LogP contribution in [0.2, 0.25) is 0 Å². The van der Waals surface area contributed by atoms with Crippen LogP contribution in [0.25, 0.3) is 11.1 Å². The van der Waals surface area contributed by atoms with Gasteiger partial charge in [-0.1, -0.05) is 72.8 Å². The summed E-state index contributed by atoms with van der Waals surface area (Å²) in [5.41, 5.74) is 11.1. The van der Waals surface area contributed by atoms with Gasteiger partial charge in [-0.3, -0.25) is 10.1 Å². The monoisotopic (exact) mass is 558 g/mol. The van der Waals surface area contributed by atoms with Gasteiger partial charge in [-0.15, -0.1) is 0 Å². The summed E-state index contributed by atoms with van der Waals surface area (Å²) in [5.74, 6) is 0.0524. The van der Waals surface area contributed by atoms with Crippen LogP contribution in [0.1, 0.15) is 42.9 Å². The third-order valence-corrected chi connectivity index (χ3v) is 7.49. The van der Waals surface area contributed by atoms with Gasteiger partial charge in [0.05, 0.1) is 5.69 Å². The zero-order valence-corrected chi connectivity index (χ0v) is 23.9. The minimum atomic E-state index is -0.428. The van der Waals surface area contributed by atoms with Gasteiger partial charge in [0.1, 0.15) is 6.10 Å². The Balaban J connectivity index is 1.10. The highest BCUT2D eigenvalue weighted by Crippen LogP contribution is 2.28. The van der Waals surface area contributed by atoms with Crippen molar-refractivity contribution in [3.8, 4) is 11.1 Å². The number of carbonyl (C=O) groups is 2. The Morgan fingerprint density at radius 1 is 0.976 bits per heavy atom. The van der Waals surface area contributed by atoms with E-state index in [0.717, 1.165) is 66.8 Å². The van der Waals surface area contributed by atoms with Gasteiger partial charge in [0.25, 0.3) is 0 Å². The largest absolute Gasteiger partial charge is 0.446 e. The number of methoxy groups -OCH3 is 1. The molecule has 0 radical (unpaired) electrons. The minimum Gasteiger partial charge on any atom is -0.446 e. The van der Waals surface area contributed by atoms with Crippen LogP contribution >= 0.6 is 0 Å². The number of nitrogens with two attached hydrogens (primary N) is 1. The van der Waals surface area contributed by atoms with Crippen LogP contribution in [-0.4, -0.2) is 62.9 Å². The molecule has 4 N–H and O–H groups in total. The van der Waals surface area contributed by atoms with Crippen molar-refractivity contribution in [2.24, 2.45) is 5.73 Å². The van der Waals surface area contributed by atoms with Gasteiger partial charge in [-0.2, -0.15) is 0 Å². The highest BCUT2D eigenvalue weighted by molar-refractivity contribution is 5.91. The lowest BCUT2D eigenvalue weighted by atomic mass is 10.0. The number of amides is 2. The number of ether oxygens (including phenoxy) is 2. The van der Waals surface area contributed by atoms with E-state index in [-0.39, 0.29) is 18.1 Å². The number of piperidine rings is 1. The van der Waals surface area contributed by atoms with Crippen molar-refractivity contribution >= 4 is 17.7 Å². The summed E-state index contributed by atoms with van der Waals surface area (Å²) >= 11 is 0. The van der Waals surface area contributed by atoms with Crippen molar-refractivity contribution in [2.45, 2.75) is 44.2 Å². The molecule has 1 aliphatic heterocycles. The highest BCUT2D eigenvalue weighted by atomic mass is 16.6. The van der Waals surface area contributed by atoms with E-state index in [1.807, 2.05) is 78.9 Å². The average molecular weight is 559 g/mol. The molecule has 4 rings (SSSR count). The van der Waals surface area contributed by atoms with Crippen molar-refractivity contribution in [2.75, 3.05) is 45.2 Å². The van der Waals surface area contributed by atoms with E-state index in [9.17, 15) is 9.59 Å². The number of anilines is 1. The predicted octanol–water partition coefficient (Wildman–Crippen LogP) is 5.15. The minimum absolute atomic E-state index is 0.0384. The van der Waals surface area contributed by atoms with Gasteiger partial charge in [0.15, 0.2) is 0 Å². The van der Waals surface area contributed by atoms with Gasteiger partial charge in [0, 0.05) is 57.9 Å². The maximum Gasteiger partial charge on any atom is 0.411 e. The molecule has 3 aromatic rings. The lowest BCUT2D eigenvalue weighted by molar-refractivity contribution is -0.121. The molecule has 1 atom stereocenters. The number of likely N-dealkylation sites (tertiary alicyclic amines) is 1. The average Bonchev–Trinajstić information content (AvgIpc) is 3.00. The van der Waals surface area contributed by atoms with E-state index < -0.39 is 6.09 Å². The molecule has 1 aliphatic rings. The van der Waals surface area contributed by atoms with Crippen LogP contribution in [0.3, 0.4) is 0 Å². The number of benzene rings is 3. The third-order valence-electron chi connectivity index (χ3n) is 7.49. The molecule has 1 saturated heterocycles. The fourth-order valence-electron chi connectivity index (χ4n) is 5.05. The SMILES string of the molecule is COCCC(N)c1ccc(CCC(=O)NCCN2CCC(OC(=O)Nc3ccccc3-c3ccccc3)CC2)cc1. The first-order valence-electron chi connectivity index (χ1n) is 14.5. The number of nitrogens with zero attached hydrogens (tertiary/aromatic N) is 1. The van der Waals surface area contributed by atoms with Crippen molar-refractivity contribution in [3.63, 3.8) is 0 Å². The van der Waals surface area contributed by atoms with Crippen LogP contribution in [0.15, 0.2) is 78.9 Å². The Labute approximate surface area is 243 Å². The number of aryl methyl sites for hydroxylation is 1. The molecule has 41 heavy (non-hydrogen) atoms. The molecule has 0 aromatic heterocycles. The number of rotatable bonds is 13. The molecular formula is C33H42N4O4. The molecule has 1 unspecified atom stereocenters. The van der Waals surface area contributed by atoms with E-state index >= 15 is 0 Å². The van der Waals surface area contributed by atoms with Gasteiger partial charge < -0.3 is 25.4 Å². The van der Waals surface area contributed by atoms with Gasteiger partial charge in [0.2, 0.25) is 5.91 Å². The van der Waals surface area contributed by atoms with E-state index in [0.29, 0.717) is 26.0 Å². The zero-order chi connectivity index (χ0) is 28.9. The molecule has 0 bridgehead atoms. The van der Waals surface area contributed by atoms with Crippen molar-refractivity contribution in [1.82, 2.24) is 10.2 Å². The number of nitrogens with one attached hydrogen (secondary N) is 2. The Bertz CT molecular complexity index is 1230. The molecule has 3 aromatic carbocycles. The lowest BCUT2D eigenvalue weighted by Gasteiger charge is -2.31. The molecule has 0 spiro atoms. The summed E-state index contributed by atoms with van der Waals surface area (Å²) < 4.78 is 10.8. The first-order valence-corrected chi connectivity index (χ1v) is 14.5. The highest BCUT2D eigenvalue weighted by Gasteiger charge is 2.22. The second kappa shape index (κ2) is 15.9. The summed E-state index contributed by atoms with van der Waals surface area (Å²) in [4.78, 5) is 27.3. The first-order chi connectivity index (χ1) is 20.0. The summed E-state index contributed by atoms with van der Waals surface area (Å²) in [7, 11) is 1.68. The molecule has 8 nitrogen and oxygen atoms in total. The topological polar surface area (TPSA) is 106 Å². The molecule has 0 aliphatic carbocycles. The van der Waals surface area contributed by atoms with E-state index in [4.69, 9.17) is 15.2 Å². The summed E-state index contributed by atoms with van der Waals surface area (Å²) in [6.07, 6.45) is 2.92. The van der Waals surface area contributed by atoms with Crippen molar-refractivity contribution in [3.05, 3.63) is 90.0 Å². The fourth-order valence-corrected chi connectivity index (χ4v) is 5.05. The van der Waals surface area contributed by atoms with Crippen LogP contribution in [0, 0.1) is 0 Å². The van der Waals surface area contributed by atoms with Gasteiger partial charge >= 0.3 is 6.09 Å². The molecule has 8 heteroatoms. The number of hydrogen-bond acceptors (Lipinski definition) is 6. The summed E-state index contributed by atoms with van der Waals surface area (Å²) in [6.45, 7) is 3.68. The van der Waals surface area contributed by atoms with Crippen molar-refractivity contribution in [1.29, 1.82) is 0 Å². The number of hydrogen-bond donors (Lipinski definition) is 3.